The molecule has 0 bridgehead atoms. The van der Waals surface area contributed by atoms with E-state index in [0.29, 0.717) is 0 Å². The smallest absolute Gasteiger partial charge is 0.161 e. The highest BCUT2D eigenvalue weighted by Crippen LogP contribution is 2.55. The molecule has 1 aromatic carbocycles. The van der Waals surface area contributed by atoms with E-state index in [0.717, 1.165) is 31.5 Å². The Morgan fingerprint density at radius 2 is 1.78 bits per heavy atom. The van der Waals surface area contributed by atoms with Crippen LogP contribution in [-0.4, -0.2) is 35.3 Å². The summed E-state index contributed by atoms with van der Waals surface area (Å²) in [5.41, 5.74) is 5.48. The number of aromatic hydroxyl groups is 2. The highest BCUT2D eigenvalue weighted by molar-refractivity contribution is 5.79. The van der Waals surface area contributed by atoms with Crippen LogP contribution in [0.4, 0.5) is 0 Å². The number of rotatable bonds is 0. The van der Waals surface area contributed by atoms with Crippen LogP contribution in [0, 0.1) is 5.41 Å². The Morgan fingerprint density at radius 3 is 2.52 bits per heavy atom. The molecule has 0 atom stereocenters. The van der Waals surface area contributed by atoms with E-state index in [2.05, 4.69) is 11.9 Å². The van der Waals surface area contributed by atoms with E-state index in [4.69, 9.17) is 0 Å². The lowest BCUT2D eigenvalue weighted by atomic mass is 9.62. The summed E-state index contributed by atoms with van der Waals surface area (Å²) < 4.78 is 0. The molecule has 0 saturated heterocycles. The summed E-state index contributed by atoms with van der Waals surface area (Å²) in [4.78, 5) is 2.38. The van der Waals surface area contributed by atoms with Crippen molar-refractivity contribution in [1.29, 1.82) is 0 Å². The number of phenols is 2. The van der Waals surface area contributed by atoms with Crippen LogP contribution in [0.1, 0.15) is 56.1 Å². The molecule has 1 aromatic rings. The summed E-state index contributed by atoms with van der Waals surface area (Å²) in [7, 11) is 2.18. The monoisotopic (exact) mass is 313 g/mol. The topological polar surface area (TPSA) is 43.7 Å². The number of fused-ring (bicyclic) bond motifs is 3. The van der Waals surface area contributed by atoms with Gasteiger partial charge in [-0.15, -0.1) is 0 Å². The summed E-state index contributed by atoms with van der Waals surface area (Å²) in [6.45, 7) is 2.11. The first-order chi connectivity index (χ1) is 11.1. The van der Waals surface area contributed by atoms with Gasteiger partial charge in [0.25, 0.3) is 0 Å². The van der Waals surface area contributed by atoms with Gasteiger partial charge in [0.05, 0.1) is 0 Å². The van der Waals surface area contributed by atoms with E-state index >= 15 is 0 Å². The minimum atomic E-state index is 0.0285. The maximum atomic E-state index is 10.5. The molecule has 2 aliphatic carbocycles. The number of phenolic OH excluding ortho intramolecular Hbond substituents is 2. The van der Waals surface area contributed by atoms with E-state index in [1.54, 1.807) is 11.6 Å². The molecule has 124 valence electrons. The van der Waals surface area contributed by atoms with Crippen LogP contribution in [-0.2, 0) is 6.42 Å². The lowest BCUT2D eigenvalue weighted by molar-refractivity contribution is 0.257. The third-order valence-electron chi connectivity index (χ3n) is 6.34. The van der Waals surface area contributed by atoms with Crippen molar-refractivity contribution >= 4 is 5.57 Å². The molecular formula is C20H27NO2. The van der Waals surface area contributed by atoms with Gasteiger partial charge in [-0.3, -0.25) is 0 Å². The molecule has 1 spiro atoms. The first kappa shape index (κ1) is 15.1. The van der Waals surface area contributed by atoms with Crippen molar-refractivity contribution in [3.63, 3.8) is 0 Å². The van der Waals surface area contributed by atoms with E-state index in [9.17, 15) is 10.2 Å². The van der Waals surface area contributed by atoms with Crippen LogP contribution in [0.25, 0.3) is 5.57 Å². The fraction of sp³-hybridized carbons (Fsp3) is 0.600. The highest BCUT2D eigenvalue weighted by Gasteiger charge is 2.42. The second-order valence-corrected chi connectivity index (χ2v) is 7.78. The Balaban J connectivity index is 1.90. The molecule has 4 rings (SSSR count). The van der Waals surface area contributed by atoms with Gasteiger partial charge < -0.3 is 15.1 Å². The maximum absolute atomic E-state index is 10.5. The highest BCUT2D eigenvalue weighted by atomic mass is 16.3. The SMILES string of the molecule is CN1CCC2=C(C1)c1ccc(O)c(O)c1CC21CCCCCC1. The Labute approximate surface area is 138 Å². The number of likely N-dealkylation sites (N-methyl/N-ethyl adjacent to an activating group) is 1. The molecule has 2 N–H and O–H groups in total. The summed E-state index contributed by atoms with van der Waals surface area (Å²) in [5.74, 6) is 0.145. The third kappa shape index (κ3) is 2.37. The van der Waals surface area contributed by atoms with Gasteiger partial charge in [0.2, 0.25) is 0 Å². The predicted octanol–water partition coefficient (Wildman–Crippen LogP) is 4.08. The molecule has 0 radical (unpaired) electrons. The van der Waals surface area contributed by atoms with Crippen molar-refractivity contribution in [1.82, 2.24) is 4.90 Å². The molecule has 0 unspecified atom stereocenters. The van der Waals surface area contributed by atoms with Crippen LogP contribution in [0.3, 0.4) is 0 Å². The van der Waals surface area contributed by atoms with Crippen molar-refractivity contribution in [3.8, 4) is 11.5 Å². The quantitative estimate of drug-likeness (QED) is 0.709. The Morgan fingerprint density at radius 1 is 1.04 bits per heavy atom. The van der Waals surface area contributed by atoms with Gasteiger partial charge in [-0.2, -0.15) is 0 Å². The van der Waals surface area contributed by atoms with Crippen molar-refractivity contribution in [2.45, 2.75) is 51.4 Å². The van der Waals surface area contributed by atoms with E-state index < -0.39 is 0 Å². The second kappa shape index (κ2) is 5.55. The zero-order chi connectivity index (χ0) is 16.0. The third-order valence-corrected chi connectivity index (χ3v) is 6.34. The van der Waals surface area contributed by atoms with Crippen LogP contribution >= 0.6 is 0 Å². The first-order valence-electron chi connectivity index (χ1n) is 9.06. The standard InChI is InChI=1S/C20H27NO2/c1-21-11-8-17-16(13-21)14-6-7-18(22)19(23)15(14)12-20(17)9-4-2-3-5-10-20/h6-7,22-23H,2-5,8-13H2,1H3. The molecule has 0 aromatic heterocycles. The molecule has 0 amide bonds. The lowest BCUT2D eigenvalue weighted by Crippen LogP contribution is -2.38. The van der Waals surface area contributed by atoms with Gasteiger partial charge in [-0.25, -0.2) is 0 Å². The predicted molar refractivity (Wildman–Crippen MR) is 92.6 cm³/mol. The van der Waals surface area contributed by atoms with E-state index in [1.165, 1.54) is 49.7 Å². The van der Waals surface area contributed by atoms with Gasteiger partial charge >= 0.3 is 0 Å². The molecule has 3 heteroatoms. The molecule has 3 aliphatic rings. The molecule has 23 heavy (non-hydrogen) atoms. The minimum Gasteiger partial charge on any atom is -0.504 e. The van der Waals surface area contributed by atoms with Gasteiger partial charge in [-0.1, -0.05) is 37.3 Å². The zero-order valence-electron chi connectivity index (χ0n) is 14.1. The molecular weight excluding hydrogens is 286 g/mol. The van der Waals surface area contributed by atoms with Crippen molar-refractivity contribution < 1.29 is 10.2 Å². The molecule has 3 nitrogen and oxygen atoms in total. The normalized spacial score (nSPS) is 24.2. The molecule has 1 saturated carbocycles. The number of hydrogen-bond donors (Lipinski definition) is 2. The van der Waals surface area contributed by atoms with Gasteiger partial charge in [0.15, 0.2) is 11.5 Å². The van der Waals surface area contributed by atoms with Crippen LogP contribution in [0.5, 0.6) is 11.5 Å². The van der Waals surface area contributed by atoms with Crippen molar-refractivity contribution in [3.05, 3.63) is 28.8 Å². The number of hydrogen-bond acceptors (Lipinski definition) is 3. The summed E-state index contributed by atoms with van der Waals surface area (Å²) >= 11 is 0. The molecule has 1 fully saturated rings. The van der Waals surface area contributed by atoms with Crippen molar-refractivity contribution in [2.75, 3.05) is 20.1 Å². The fourth-order valence-corrected chi connectivity index (χ4v) is 5.15. The van der Waals surface area contributed by atoms with Gasteiger partial charge in [-0.05, 0) is 55.3 Å². The zero-order valence-corrected chi connectivity index (χ0v) is 14.1. The van der Waals surface area contributed by atoms with Crippen LogP contribution in [0.2, 0.25) is 0 Å². The van der Waals surface area contributed by atoms with Crippen LogP contribution < -0.4 is 0 Å². The summed E-state index contributed by atoms with van der Waals surface area (Å²) in [6, 6.07) is 3.67. The number of benzene rings is 1. The maximum Gasteiger partial charge on any atom is 0.161 e. The Bertz CT molecular complexity index is 654. The summed E-state index contributed by atoms with van der Waals surface area (Å²) in [6.07, 6.45) is 9.81. The average molecular weight is 313 g/mol. The Hall–Kier alpha value is -1.48. The summed E-state index contributed by atoms with van der Waals surface area (Å²) in [5, 5.41) is 20.5. The van der Waals surface area contributed by atoms with Crippen LogP contribution in [0.15, 0.2) is 17.7 Å². The minimum absolute atomic E-state index is 0.0285. The first-order valence-corrected chi connectivity index (χ1v) is 9.06. The Kier molecular flexibility index (Phi) is 3.64. The van der Waals surface area contributed by atoms with Gasteiger partial charge in [0, 0.05) is 18.7 Å². The van der Waals surface area contributed by atoms with E-state index in [1.807, 2.05) is 6.07 Å². The largest absolute Gasteiger partial charge is 0.504 e. The van der Waals surface area contributed by atoms with Crippen molar-refractivity contribution in [2.24, 2.45) is 5.41 Å². The number of nitrogens with zero attached hydrogens (tertiary/aromatic N) is 1. The lowest BCUT2D eigenvalue weighted by Gasteiger charge is -2.45. The molecule has 1 aliphatic heterocycles. The average Bonchev–Trinajstić information content (AvgIpc) is 2.78. The fourth-order valence-electron chi connectivity index (χ4n) is 5.15. The van der Waals surface area contributed by atoms with E-state index in [-0.39, 0.29) is 16.9 Å². The molecule has 1 heterocycles. The second-order valence-electron chi connectivity index (χ2n) is 7.78. The van der Waals surface area contributed by atoms with Gasteiger partial charge in [0.1, 0.15) is 0 Å².